The molecule has 9 nitrogen and oxygen atoms in total. The van der Waals surface area contributed by atoms with Crippen molar-refractivity contribution in [3.05, 3.63) is 76.5 Å². The molecule has 1 unspecified atom stereocenters. The second-order valence-electron chi connectivity index (χ2n) is 9.53. The zero-order valence-corrected chi connectivity index (χ0v) is 22.6. The fourth-order valence-electron chi connectivity index (χ4n) is 4.54. The monoisotopic (exact) mass is 534 g/mol. The zero-order valence-electron chi connectivity index (χ0n) is 21.7. The van der Waals surface area contributed by atoms with Crippen molar-refractivity contribution in [2.45, 2.75) is 52.0 Å². The smallest absolute Gasteiger partial charge is 0.281 e. The maximum Gasteiger partial charge on any atom is 0.281 e. The molecule has 1 atom stereocenters. The summed E-state index contributed by atoms with van der Waals surface area (Å²) in [6.45, 7) is 7.35. The Hall–Kier alpha value is -4.05. The maximum absolute atomic E-state index is 13.2. The van der Waals surface area contributed by atoms with Crippen molar-refractivity contribution in [3.63, 3.8) is 0 Å². The molecule has 10 heteroatoms. The Kier molecular flexibility index (Phi) is 7.63. The lowest BCUT2D eigenvalue weighted by atomic mass is 9.86. The van der Waals surface area contributed by atoms with Crippen LogP contribution in [0.1, 0.15) is 58.9 Å². The van der Waals surface area contributed by atoms with Crippen LogP contribution in [0, 0.1) is 26.7 Å². The molecule has 38 heavy (non-hydrogen) atoms. The number of ketones is 1. The summed E-state index contributed by atoms with van der Waals surface area (Å²) in [6, 6.07) is 11.2. The number of pyridine rings is 2. The predicted octanol–water partition coefficient (Wildman–Crippen LogP) is 4.67. The highest BCUT2D eigenvalue weighted by atomic mass is 32.2. The number of ether oxygens (including phenoxy) is 1. The molecule has 4 rings (SSSR count). The van der Waals surface area contributed by atoms with Gasteiger partial charge >= 0.3 is 0 Å². The number of hydrogen-bond acceptors (Lipinski definition) is 8. The van der Waals surface area contributed by atoms with Gasteiger partial charge in [0.15, 0.2) is 5.03 Å². The van der Waals surface area contributed by atoms with E-state index in [2.05, 4.69) is 9.97 Å². The van der Waals surface area contributed by atoms with Gasteiger partial charge in [0.25, 0.3) is 15.9 Å². The summed E-state index contributed by atoms with van der Waals surface area (Å²) >= 11 is 0. The molecule has 1 amide bonds. The lowest BCUT2D eigenvalue weighted by Gasteiger charge is -2.20. The molecular formula is C28H30N4O5S. The highest BCUT2D eigenvalue weighted by Gasteiger charge is 2.26. The van der Waals surface area contributed by atoms with Crippen LogP contribution < -0.4 is 15.2 Å². The molecule has 3 aromatic rings. The lowest BCUT2D eigenvalue weighted by Crippen LogP contribution is -2.31. The summed E-state index contributed by atoms with van der Waals surface area (Å²) in [5, 5.41) is -0.379. The van der Waals surface area contributed by atoms with Crippen molar-refractivity contribution in [1.29, 1.82) is 0 Å². The number of carbonyl (C=O) groups excluding carboxylic acids is 2. The van der Waals surface area contributed by atoms with Gasteiger partial charge in [0.2, 0.25) is 5.88 Å². The second kappa shape index (κ2) is 10.7. The van der Waals surface area contributed by atoms with Crippen LogP contribution in [0.5, 0.6) is 11.6 Å². The van der Waals surface area contributed by atoms with Gasteiger partial charge < -0.3 is 10.5 Å². The first-order valence-electron chi connectivity index (χ1n) is 12.2. The first-order chi connectivity index (χ1) is 17.9. The number of benzene rings is 1. The summed E-state index contributed by atoms with van der Waals surface area (Å²) < 4.78 is 33.9. The number of nitrogens with zero attached hydrogens (tertiary/aromatic N) is 2. The number of hydrogen-bond donors (Lipinski definition) is 2. The number of carbonyl (C=O) groups is 2. The fourth-order valence-corrected chi connectivity index (χ4v) is 5.48. The van der Waals surface area contributed by atoms with Crippen LogP contribution in [0.15, 0.2) is 53.6 Å². The zero-order chi connectivity index (χ0) is 27.6. The van der Waals surface area contributed by atoms with Crippen molar-refractivity contribution < 1.29 is 22.7 Å². The van der Waals surface area contributed by atoms with Crippen molar-refractivity contribution in [2.75, 3.05) is 5.73 Å². The highest BCUT2D eigenvalue weighted by Crippen LogP contribution is 2.34. The summed E-state index contributed by atoms with van der Waals surface area (Å²) in [6.07, 6.45) is 3.97. The fraction of sp³-hybridized carbons (Fsp3) is 0.286. The van der Waals surface area contributed by atoms with Crippen molar-refractivity contribution in [1.82, 2.24) is 14.7 Å². The van der Waals surface area contributed by atoms with E-state index in [4.69, 9.17) is 10.5 Å². The van der Waals surface area contributed by atoms with Crippen LogP contribution in [0.25, 0.3) is 5.57 Å². The van der Waals surface area contributed by atoms with E-state index in [0.29, 0.717) is 30.7 Å². The van der Waals surface area contributed by atoms with Gasteiger partial charge in [-0.1, -0.05) is 29.8 Å². The van der Waals surface area contributed by atoms with E-state index in [1.807, 2.05) is 43.7 Å². The molecule has 0 fully saturated rings. The van der Waals surface area contributed by atoms with Crippen molar-refractivity contribution in [3.8, 4) is 11.6 Å². The number of sulfonamides is 1. The summed E-state index contributed by atoms with van der Waals surface area (Å²) in [5.41, 5.74) is 9.84. The van der Waals surface area contributed by atoms with Crippen LogP contribution in [0.2, 0.25) is 0 Å². The standard InChI is InChI=1S/C28H30N4O5S/c1-16-14-17(2)26(18(3)15-16)37-28-22(27(34)32-38(35,36)25-7-5-6-24(29)31-25)12-13-23(30-28)21-10-8-20(9-11-21)19(4)33/h5-7,10,12-15,20H,8-9,11H2,1-4H3,(H2,29,31)(H,32,34). The molecule has 2 heterocycles. The number of nitrogens with two attached hydrogens (primary N) is 1. The van der Waals surface area contributed by atoms with E-state index >= 15 is 0 Å². The third-order valence-corrected chi connectivity index (χ3v) is 7.70. The quantitative estimate of drug-likeness (QED) is 0.445. The van der Waals surface area contributed by atoms with Gasteiger partial charge in [-0.3, -0.25) is 9.59 Å². The number of nitrogen functional groups attached to an aromatic ring is 1. The number of nitrogens with one attached hydrogen (secondary N) is 1. The Balaban J connectivity index is 1.73. The number of aromatic nitrogens is 2. The van der Waals surface area contributed by atoms with E-state index in [1.54, 1.807) is 13.0 Å². The molecule has 0 spiro atoms. The van der Waals surface area contributed by atoms with Gasteiger partial charge in [-0.05, 0) is 87.9 Å². The SMILES string of the molecule is CC(=O)C1CC=C(c2ccc(C(=O)NS(=O)(=O)c3cccc(N)n3)c(Oc3c(C)cc(C)cc3C)n2)CC1. The molecule has 0 aliphatic heterocycles. The first kappa shape index (κ1) is 27.0. The van der Waals surface area contributed by atoms with Crippen LogP contribution >= 0.6 is 0 Å². The predicted molar refractivity (Wildman–Crippen MR) is 144 cm³/mol. The van der Waals surface area contributed by atoms with Gasteiger partial charge in [-0.2, -0.15) is 8.42 Å². The molecule has 3 N–H and O–H groups in total. The number of rotatable bonds is 7. The number of aryl methyl sites for hydroxylation is 3. The van der Waals surface area contributed by atoms with Crippen LogP contribution in [-0.4, -0.2) is 30.1 Å². The molecular weight excluding hydrogens is 504 g/mol. The average Bonchev–Trinajstić information content (AvgIpc) is 2.86. The van der Waals surface area contributed by atoms with Gasteiger partial charge in [-0.25, -0.2) is 14.7 Å². The average molecular weight is 535 g/mol. The van der Waals surface area contributed by atoms with E-state index < -0.39 is 15.9 Å². The number of Topliss-reactive ketones (excluding diaryl/α,β-unsaturated/α-hetero) is 1. The molecule has 0 radical (unpaired) electrons. The van der Waals surface area contributed by atoms with Crippen LogP contribution in [-0.2, 0) is 14.8 Å². The van der Waals surface area contributed by atoms with Crippen molar-refractivity contribution in [2.24, 2.45) is 5.92 Å². The van der Waals surface area contributed by atoms with Gasteiger partial charge in [0, 0.05) is 5.92 Å². The normalized spacial score (nSPS) is 15.5. The van der Waals surface area contributed by atoms with Crippen LogP contribution in [0.3, 0.4) is 0 Å². The van der Waals surface area contributed by atoms with Gasteiger partial charge in [-0.15, -0.1) is 0 Å². The molecule has 1 aliphatic carbocycles. The van der Waals surface area contributed by atoms with E-state index in [9.17, 15) is 18.0 Å². The Bertz CT molecular complexity index is 1540. The summed E-state index contributed by atoms with van der Waals surface area (Å²) in [7, 11) is -4.30. The lowest BCUT2D eigenvalue weighted by molar-refractivity contribution is -0.120. The topological polar surface area (TPSA) is 141 Å². The largest absolute Gasteiger partial charge is 0.438 e. The number of allylic oxidation sites excluding steroid dienone is 2. The minimum Gasteiger partial charge on any atom is -0.438 e. The maximum atomic E-state index is 13.2. The van der Waals surface area contributed by atoms with Gasteiger partial charge in [0.05, 0.1) is 5.69 Å². The number of amides is 1. The first-order valence-corrected chi connectivity index (χ1v) is 13.7. The second-order valence-corrected chi connectivity index (χ2v) is 11.2. The molecule has 2 aromatic heterocycles. The highest BCUT2D eigenvalue weighted by molar-refractivity contribution is 7.90. The number of anilines is 1. The van der Waals surface area contributed by atoms with E-state index in [0.717, 1.165) is 22.3 Å². The van der Waals surface area contributed by atoms with Crippen molar-refractivity contribution >= 4 is 33.1 Å². The third-order valence-electron chi connectivity index (χ3n) is 6.47. The molecule has 198 valence electrons. The molecule has 0 saturated heterocycles. The Morgan fingerprint density at radius 1 is 1.05 bits per heavy atom. The Labute approximate surface area is 222 Å². The summed E-state index contributed by atoms with van der Waals surface area (Å²) in [5.74, 6) is -0.258. The van der Waals surface area contributed by atoms with Crippen LogP contribution in [0.4, 0.5) is 5.82 Å². The molecule has 1 aliphatic rings. The third kappa shape index (κ3) is 5.91. The minimum atomic E-state index is -4.30. The molecule has 1 aromatic carbocycles. The minimum absolute atomic E-state index is 0.00783. The van der Waals surface area contributed by atoms with E-state index in [1.165, 1.54) is 24.3 Å². The van der Waals surface area contributed by atoms with Gasteiger partial charge in [0.1, 0.15) is 22.9 Å². The van der Waals surface area contributed by atoms with E-state index in [-0.39, 0.29) is 34.0 Å². The Morgan fingerprint density at radius 2 is 1.76 bits per heavy atom. The Morgan fingerprint density at radius 3 is 2.37 bits per heavy atom. The summed E-state index contributed by atoms with van der Waals surface area (Å²) in [4.78, 5) is 33.5. The molecule has 0 bridgehead atoms. The molecule has 0 saturated carbocycles.